The number of H-pyrrole nitrogens is 1. The van der Waals surface area contributed by atoms with Crippen molar-refractivity contribution in [3.8, 4) is 0 Å². The number of hydrogen-bond donors (Lipinski definition) is 1. The first-order chi connectivity index (χ1) is 16.7. The zero-order chi connectivity index (χ0) is 25.3. The van der Waals surface area contributed by atoms with Crippen molar-refractivity contribution in [2.75, 3.05) is 11.5 Å². The van der Waals surface area contributed by atoms with Crippen molar-refractivity contribution in [3.05, 3.63) is 74.7 Å². The van der Waals surface area contributed by atoms with Gasteiger partial charge in [0.15, 0.2) is 12.4 Å². The van der Waals surface area contributed by atoms with Gasteiger partial charge in [0.1, 0.15) is 0 Å². The first kappa shape index (κ1) is 24.6. The number of aromatic amines is 1. The van der Waals surface area contributed by atoms with Gasteiger partial charge in [0.2, 0.25) is 11.7 Å². The highest BCUT2D eigenvalue weighted by Gasteiger charge is 2.43. The summed E-state index contributed by atoms with van der Waals surface area (Å²) in [6.45, 7) is 6.42. The number of rotatable bonds is 7. The smallest absolute Gasteiger partial charge is 0.311 e. The van der Waals surface area contributed by atoms with E-state index in [1.165, 1.54) is 18.3 Å². The molecule has 0 radical (unpaired) electrons. The summed E-state index contributed by atoms with van der Waals surface area (Å²) in [4.78, 5) is 56.5. The van der Waals surface area contributed by atoms with Crippen molar-refractivity contribution < 1.29 is 23.9 Å². The van der Waals surface area contributed by atoms with Crippen LogP contribution in [0.2, 0.25) is 0 Å². The molecule has 2 aromatic heterocycles. The maximum atomic E-state index is 13.3. The van der Waals surface area contributed by atoms with Crippen molar-refractivity contribution in [1.29, 1.82) is 0 Å². The second-order valence-corrected chi connectivity index (χ2v) is 9.90. The minimum Gasteiger partial charge on any atom is -0.457 e. The lowest BCUT2D eigenvalue weighted by molar-refractivity contribution is -0.149. The SMILES string of the molecule is CC(=O)c1c(C)[nH]c(C(=O)COC(=O)[C@H]2CCC(=O)N(c3ccc(C)cc3)[C@H]2c2cccs2)c1C. The second-order valence-electron chi connectivity index (χ2n) is 8.92. The standard InChI is InChI=1S/C27H28N2O5S/c1-15-7-9-19(10-8-15)29-23(32)12-11-20(26(29)22-6-5-13-35-22)27(33)34-14-21(31)25-16(2)24(18(4)30)17(3)28-25/h5-10,13,20,26,28H,11-12,14H2,1-4H3/t20-,26+/m0/s1. The Kier molecular flexibility index (Phi) is 7.03. The molecule has 0 bridgehead atoms. The molecule has 3 heterocycles. The van der Waals surface area contributed by atoms with Gasteiger partial charge >= 0.3 is 5.97 Å². The first-order valence-corrected chi connectivity index (χ1v) is 12.4. The second kappa shape index (κ2) is 10.00. The van der Waals surface area contributed by atoms with E-state index in [1.54, 1.807) is 18.7 Å². The molecule has 0 unspecified atom stereocenters. The molecular weight excluding hydrogens is 464 g/mol. The highest BCUT2D eigenvalue weighted by atomic mass is 32.1. The van der Waals surface area contributed by atoms with E-state index in [4.69, 9.17) is 4.74 Å². The number of aromatic nitrogens is 1. The van der Waals surface area contributed by atoms with E-state index in [0.717, 1.165) is 16.1 Å². The van der Waals surface area contributed by atoms with Crippen molar-refractivity contribution in [2.45, 2.75) is 46.6 Å². The molecule has 3 aromatic rings. The molecule has 1 aliphatic rings. The minimum atomic E-state index is -0.611. The fourth-order valence-corrected chi connectivity index (χ4v) is 5.69. The fraction of sp³-hybridized carbons (Fsp3) is 0.333. The minimum absolute atomic E-state index is 0.0540. The van der Waals surface area contributed by atoms with Gasteiger partial charge in [0, 0.05) is 28.2 Å². The van der Waals surface area contributed by atoms with Gasteiger partial charge < -0.3 is 14.6 Å². The Bertz CT molecular complexity index is 1270. The van der Waals surface area contributed by atoms with E-state index < -0.39 is 30.3 Å². The number of ketones is 2. The first-order valence-electron chi connectivity index (χ1n) is 11.5. The number of aryl methyl sites for hydroxylation is 2. The van der Waals surface area contributed by atoms with E-state index in [2.05, 4.69) is 4.98 Å². The van der Waals surface area contributed by atoms with Crippen LogP contribution in [-0.2, 0) is 14.3 Å². The summed E-state index contributed by atoms with van der Waals surface area (Å²) < 4.78 is 5.50. The van der Waals surface area contributed by atoms with Gasteiger partial charge in [-0.15, -0.1) is 11.3 Å². The molecule has 0 spiro atoms. The number of nitrogens with zero attached hydrogens (tertiary/aromatic N) is 1. The van der Waals surface area contributed by atoms with Crippen LogP contribution in [0.1, 0.15) is 68.4 Å². The number of carbonyl (C=O) groups is 4. The fourth-order valence-electron chi connectivity index (χ4n) is 4.81. The summed E-state index contributed by atoms with van der Waals surface area (Å²) >= 11 is 1.48. The summed E-state index contributed by atoms with van der Waals surface area (Å²) in [6.07, 6.45) is 0.548. The van der Waals surface area contributed by atoms with Gasteiger partial charge in [-0.2, -0.15) is 0 Å². The molecule has 0 saturated carbocycles. The average molecular weight is 493 g/mol. The summed E-state index contributed by atoms with van der Waals surface area (Å²) in [6, 6.07) is 10.9. The van der Waals surface area contributed by atoms with E-state index in [9.17, 15) is 19.2 Å². The molecule has 1 aromatic carbocycles. The maximum absolute atomic E-state index is 13.3. The van der Waals surface area contributed by atoms with Crippen molar-refractivity contribution in [2.24, 2.45) is 5.92 Å². The highest BCUT2D eigenvalue weighted by Crippen LogP contribution is 2.42. The van der Waals surface area contributed by atoms with Gasteiger partial charge in [-0.1, -0.05) is 23.8 Å². The molecular formula is C27H28N2O5S. The number of nitrogens with one attached hydrogen (secondary N) is 1. The number of carbonyl (C=O) groups excluding carboxylic acids is 4. The Balaban J connectivity index is 1.57. The van der Waals surface area contributed by atoms with Crippen LogP contribution < -0.4 is 4.90 Å². The van der Waals surface area contributed by atoms with Gasteiger partial charge in [-0.25, -0.2) is 0 Å². The number of benzene rings is 1. The summed E-state index contributed by atoms with van der Waals surface area (Å²) in [7, 11) is 0. The van der Waals surface area contributed by atoms with Gasteiger partial charge in [-0.05, 0) is 63.3 Å². The number of ether oxygens (including phenoxy) is 1. The Morgan fingerprint density at radius 1 is 1.11 bits per heavy atom. The summed E-state index contributed by atoms with van der Waals surface area (Å²) in [5.41, 5.74) is 3.72. The highest BCUT2D eigenvalue weighted by molar-refractivity contribution is 7.10. The van der Waals surface area contributed by atoms with Crippen LogP contribution in [0.5, 0.6) is 0 Å². The maximum Gasteiger partial charge on any atom is 0.311 e. The van der Waals surface area contributed by atoms with E-state index in [-0.39, 0.29) is 23.8 Å². The molecule has 7 nitrogen and oxygen atoms in total. The van der Waals surface area contributed by atoms with E-state index >= 15 is 0 Å². The molecule has 182 valence electrons. The lowest BCUT2D eigenvalue weighted by Crippen LogP contribution is -2.46. The van der Waals surface area contributed by atoms with Crippen molar-refractivity contribution >= 4 is 40.5 Å². The van der Waals surface area contributed by atoms with Crippen LogP contribution in [0, 0.1) is 26.7 Å². The third-order valence-corrected chi connectivity index (χ3v) is 7.40. The quantitative estimate of drug-likeness (QED) is 0.365. The van der Waals surface area contributed by atoms with Gasteiger partial charge in [0.25, 0.3) is 0 Å². The monoisotopic (exact) mass is 492 g/mol. The zero-order valence-electron chi connectivity index (χ0n) is 20.2. The van der Waals surface area contributed by atoms with Crippen LogP contribution in [-0.4, -0.2) is 35.0 Å². The van der Waals surface area contributed by atoms with E-state index in [1.807, 2.05) is 48.7 Å². The van der Waals surface area contributed by atoms with Crippen LogP contribution in [0.4, 0.5) is 5.69 Å². The molecule has 1 aliphatic heterocycles. The lowest BCUT2D eigenvalue weighted by atomic mass is 9.87. The van der Waals surface area contributed by atoms with E-state index in [0.29, 0.717) is 23.2 Å². The lowest BCUT2D eigenvalue weighted by Gasteiger charge is -2.39. The normalized spacial score (nSPS) is 17.9. The molecule has 4 rings (SSSR count). The molecule has 8 heteroatoms. The number of esters is 1. The molecule has 0 aliphatic carbocycles. The van der Waals surface area contributed by atoms with Crippen molar-refractivity contribution in [3.63, 3.8) is 0 Å². The summed E-state index contributed by atoms with van der Waals surface area (Å²) in [5.74, 6) is -1.72. The molecule has 1 fully saturated rings. The number of thiophene rings is 1. The third-order valence-electron chi connectivity index (χ3n) is 6.46. The van der Waals surface area contributed by atoms with Gasteiger partial charge in [-0.3, -0.25) is 19.2 Å². The predicted molar refractivity (Wildman–Crippen MR) is 134 cm³/mol. The number of hydrogen-bond acceptors (Lipinski definition) is 6. The third kappa shape index (κ3) is 4.84. The molecule has 2 atom stereocenters. The largest absolute Gasteiger partial charge is 0.457 e. The average Bonchev–Trinajstić information content (AvgIpc) is 3.45. The molecule has 1 saturated heterocycles. The molecule has 35 heavy (non-hydrogen) atoms. The van der Waals surface area contributed by atoms with Crippen LogP contribution >= 0.6 is 11.3 Å². The predicted octanol–water partition coefficient (Wildman–Crippen LogP) is 5.11. The van der Waals surface area contributed by atoms with Gasteiger partial charge in [0.05, 0.1) is 17.7 Å². The number of Topliss-reactive ketones (excluding diaryl/α,β-unsaturated/α-hetero) is 2. The van der Waals surface area contributed by atoms with Crippen LogP contribution in [0.25, 0.3) is 0 Å². The number of anilines is 1. The topological polar surface area (TPSA) is 96.5 Å². The Hall–Kier alpha value is -3.52. The van der Waals surface area contributed by atoms with Crippen LogP contribution in [0.3, 0.4) is 0 Å². The Labute approximate surface area is 208 Å². The number of amides is 1. The van der Waals surface area contributed by atoms with Crippen molar-refractivity contribution in [1.82, 2.24) is 4.98 Å². The van der Waals surface area contributed by atoms with Crippen LogP contribution in [0.15, 0.2) is 41.8 Å². The Morgan fingerprint density at radius 3 is 2.43 bits per heavy atom. The molecule has 1 amide bonds. The zero-order valence-corrected chi connectivity index (χ0v) is 21.0. The Morgan fingerprint density at radius 2 is 1.83 bits per heavy atom. The summed E-state index contributed by atoms with van der Waals surface area (Å²) in [5, 5.41) is 1.91. The number of piperidine rings is 1. The molecule has 1 N–H and O–H groups in total.